The molecule has 0 spiro atoms. The number of phenolic OH excluding ortho intramolecular Hbond substituents is 5. The molecule has 9 N–H and O–H groups in total. The van der Waals surface area contributed by atoms with E-state index in [2.05, 4.69) is 166 Å². The fourth-order valence-electron chi connectivity index (χ4n) is 9.36. The molecule has 0 heterocycles. The summed E-state index contributed by atoms with van der Waals surface area (Å²) in [6.45, 7) is 49.2. The van der Waals surface area contributed by atoms with Gasteiger partial charge in [-0.3, -0.25) is 19.2 Å². The second kappa shape index (κ2) is 30.7. The number of aromatic hydroxyl groups is 5. The SMILES string of the molecule is CC(C)(C)c1cc(CCC(=O)O)cc(C(C)(C)C)c1O.CC(C)(C)c1cc(CCC(=O)O)cc(C(C)(C)C)c1O.CC(C)(C)c1cc(CCC(=O)O)cc(C(C)(C)C)c1O.CC(C)(C)c1cc(CCC(=O)O)cc(C(C)(C)C)c1O.Oc1ccccc1. The predicted octanol–water partition coefficient (Wildman–Crippen LogP) is 17.4. The van der Waals surface area contributed by atoms with Crippen molar-refractivity contribution in [1.29, 1.82) is 0 Å². The topological polar surface area (TPSA) is 250 Å². The Labute approximate surface area is 522 Å². The van der Waals surface area contributed by atoms with Crippen LogP contribution >= 0.6 is 0 Å². The lowest BCUT2D eigenvalue weighted by Crippen LogP contribution is -2.18. The second-order valence-corrected chi connectivity index (χ2v) is 31.1. The molecule has 0 saturated heterocycles. The quantitative estimate of drug-likeness (QED) is 0.0564. The van der Waals surface area contributed by atoms with Crippen molar-refractivity contribution in [3.63, 3.8) is 0 Å². The Morgan fingerprint density at radius 3 is 0.494 bits per heavy atom. The van der Waals surface area contributed by atoms with Crippen LogP contribution in [0, 0.1) is 0 Å². The van der Waals surface area contributed by atoms with Gasteiger partial charge in [-0.15, -0.1) is 0 Å². The van der Waals surface area contributed by atoms with Crippen LogP contribution in [0.5, 0.6) is 28.7 Å². The van der Waals surface area contributed by atoms with Crippen molar-refractivity contribution < 1.29 is 65.1 Å². The van der Waals surface area contributed by atoms with Gasteiger partial charge in [0.25, 0.3) is 0 Å². The molecule has 5 rings (SSSR count). The van der Waals surface area contributed by atoms with Gasteiger partial charge in [-0.1, -0.05) is 233 Å². The van der Waals surface area contributed by atoms with E-state index in [4.69, 9.17) is 25.5 Å². The highest BCUT2D eigenvalue weighted by Crippen LogP contribution is 2.44. The molecule has 0 saturated carbocycles. The summed E-state index contributed by atoms with van der Waals surface area (Å²) in [5, 5.41) is 86.2. The molecule has 0 bridgehead atoms. The van der Waals surface area contributed by atoms with Crippen LogP contribution < -0.4 is 0 Å². The first-order valence-corrected chi connectivity index (χ1v) is 30.2. The number of hydrogen-bond donors (Lipinski definition) is 9. The minimum Gasteiger partial charge on any atom is -0.508 e. The average molecular weight is 1210 g/mol. The zero-order valence-corrected chi connectivity index (χ0v) is 57.3. The first-order valence-electron chi connectivity index (χ1n) is 30.2. The van der Waals surface area contributed by atoms with Crippen molar-refractivity contribution in [1.82, 2.24) is 0 Å². The molecular weight excluding hydrogens is 1100 g/mol. The van der Waals surface area contributed by atoms with Gasteiger partial charge in [0.05, 0.1) is 0 Å². The van der Waals surface area contributed by atoms with E-state index in [1.165, 1.54) is 0 Å². The van der Waals surface area contributed by atoms with Gasteiger partial charge in [0.15, 0.2) is 0 Å². The summed E-state index contributed by atoms with van der Waals surface area (Å²) in [5.74, 6) is -1.52. The summed E-state index contributed by atoms with van der Waals surface area (Å²) >= 11 is 0. The summed E-state index contributed by atoms with van der Waals surface area (Å²) in [4.78, 5) is 43.0. The number of hydrogen-bond acceptors (Lipinski definition) is 9. The van der Waals surface area contributed by atoms with Crippen LogP contribution in [0.2, 0.25) is 0 Å². The van der Waals surface area contributed by atoms with E-state index in [9.17, 15) is 39.6 Å². The third-order valence-corrected chi connectivity index (χ3v) is 14.4. The van der Waals surface area contributed by atoms with Crippen LogP contribution in [0.3, 0.4) is 0 Å². The summed E-state index contributed by atoms with van der Waals surface area (Å²) in [5.41, 5.74) is 9.51. The zero-order valence-electron chi connectivity index (χ0n) is 57.3. The maximum Gasteiger partial charge on any atom is 0.303 e. The van der Waals surface area contributed by atoms with Gasteiger partial charge < -0.3 is 46.0 Å². The highest BCUT2D eigenvalue weighted by atomic mass is 16.4. The number of carboxylic acid groups (broad SMARTS) is 4. The minimum atomic E-state index is -0.798. The Morgan fingerprint density at radius 2 is 0.402 bits per heavy atom. The van der Waals surface area contributed by atoms with Gasteiger partial charge in [0.2, 0.25) is 0 Å². The van der Waals surface area contributed by atoms with Crippen molar-refractivity contribution in [2.24, 2.45) is 0 Å². The molecule has 484 valence electrons. The Kier molecular flexibility index (Phi) is 27.6. The molecule has 0 aliphatic carbocycles. The second-order valence-electron chi connectivity index (χ2n) is 31.1. The largest absolute Gasteiger partial charge is 0.508 e. The van der Waals surface area contributed by atoms with Crippen LogP contribution in [-0.2, 0) is 88.2 Å². The molecule has 87 heavy (non-hydrogen) atoms. The first kappa shape index (κ1) is 78.0. The van der Waals surface area contributed by atoms with E-state index in [1.807, 2.05) is 54.6 Å². The smallest absolute Gasteiger partial charge is 0.303 e. The lowest BCUT2D eigenvalue weighted by Gasteiger charge is -2.28. The summed E-state index contributed by atoms with van der Waals surface area (Å²) in [6.07, 6.45) is 2.39. The number of aliphatic carboxylic acids is 4. The van der Waals surface area contributed by atoms with Crippen LogP contribution in [0.4, 0.5) is 0 Å². The Hall–Kier alpha value is -7.02. The molecule has 5 aromatic carbocycles. The highest BCUT2D eigenvalue weighted by Gasteiger charge is 2.31. The number of benzene rings is 5. The molecule has 5 aromatic rings. The summed E-state index contributed by atoms with van der Waals surface area (Å²) in [7, 11) is 0. The van der Waals surface area contributed by atoms with Crippen LogP contribution in [0.25, 0.3) is 0 Å². The maximum absolute atomic E-state index is 10.8. The van der Waals surface area contributed by atoms with Gasteiger partial charge in [-0.05, 0) is 148 Å². The Bertz CT molecular complexity index is 2570. The van der Waals surface area contributed by atoms with Gasteiger partial charge in [-0.25, -0.2) is 0 Å². The standard InChI is InChI=1S/4C17H26O3.C6H6O/c4*1-16(2,3)12-9-11(7-8-14(18)19)10-13(15(12)20)17(4,5)6;7-6-4-2-1-3-5-6/h4*9-10,20H,7-8H2,1-6H3,(H,18,19);1-5,7H. The molecular formula is C74H110O13. The molecule has 0 amide bonds. The monoisotopic (exact) mass is 1210 g/mol. The molecule has 0 aliphatic rings. The zero-order chi connectivity index (χ0) is 68.0. The number of aryl methyl sites for hydroxylation is 4. The van der Waals surface area contributed by atoms with E-state index in [-0.39, 0.29) is 69.0 Å². The summed E-state index contributed by atoms with van der Waals surface area (Å²) in [6, 6.07) is 24.2. The van der Waals surface area contributed by atoms with Crippen molar-refractivity contribution in [2.45, 2.75) is 261 Å². The lowest BCUT2D eigenvalue weighted by molar-refractivity contribution is -0.138. The van der Waals surface area contributed by atoms with E-state index in [0.717, 1.165) is 66.8 Å². The van der Waals surface area contributed by atoms with E-state index in [1.54, 1.807) is 24.3 Å². The normalized spacial score (nSPS) is 12.2. The Balaban J connectivity index is 0.000000557. The average Bonchev–Trinajstić information content (AvgIpc) is 2.85. The predicted molar refractivity (Wildman–Crippen MR) is 354 cm³/mol. The Morgan fingerprint density at radius 1 is 0.264 bits per heavy atom. The van der Waals surface area contributed by atoms with Gasteiger partial charge in [0, 0.05) is 25.7 Å². The number of carbonyl (C=O) groups is 4. The molecule has 13 heteroatoms. The van der Waals surface area contributed by atoms with E-state index >= 15 is 0 Å². The number of para-hydroxylation sites is 1. The van der Waals surface area contributed by atoms with Crippen LogP contribution in [-0.4, -0.2) is 69.8 Å². The number of rotatable bonds is 12. The minimum absolute atomic E-state index is 0.109. The number of carboxylic acids is 4. The fraction of sp³-hybridized carbons (Fsp3) is 0.541. The third kappa shape index (κ3) is 26.5. The van der Waals surface area contributed by atoms with Gasteiger partial charge in [0.1, 0.15) is 28.7 Å². The van der Waals surface area contributed by atoms with E-state index in [0.29, 0.717) is 54.4 Å². The maximum atomic E-state index is 10.8. The van der Waals surface area contributed by atoms with Crippen molar-refractivity contribution in [3.8, 4) is 28.7 Å². The highest BCUT2D eigenvalue weighted by molar-refractivity contribution is 5.69. The molecule has 0 unspecified atom stereocenters. The molecule has 0 aromatic heterocycles. The van der Waals surface area contributed by atoms with Crippen LogP contribution in [0.15, 0.2) is 78.9 Å². The van der Waals surface area contributed by atoms with Crippen molar-refractivity contribution in [2.75, 3.05) is 0 Å². The van der Waals surface area contributed by atoms with E-state index < -0.39 is 23.9 Å². The fourth-order valence-corrected chi connectivity index (χ4v) is 9.36. The molecule has 0 radical (unpaired) electrons. The summed E-state index contributed by atoms with van der Waals surface area (Å²) < 4.78 is 0. The molecule has 0 aliphatic heterocycles. The first-order chi connectivity index (χ1) is 39.1. The molecule has 13 nitrogen and oxygen atoms in total. The molecule has 0 atom stereocenters. The van der Waals surface area contributed by atoms with Crippen molar-refractivity contribution >= 4 is 23.9 Å². The number of phenols is 5. The van der Waals surface area contributed by atoms with Gasteiger partial charge >= 0.3 is 23.9 Å². The van der Waals surface area contributed by atoms with Gasteiger partial charge in [-0.2, -0.15) is 0 Å². The lowest BCUT2D eigenvalue weighted by atomic mass is 9.78. The van der Waals surface area contributed by atoms with Crippen molar-refractivity contribution in [3.05, 3.63) is 146 Å². The molecule has 0 fully saturated rings. The van der Waals surface area contributed by atoms with Crippen LogP contribution in [0.1, 0.15) is 259 Å². The third-order valence-electron chi connectivity index (χ3n) is 14.4.